The van der Waals surface area contributed by atoms with Crippen LogP contribution in [0.2, 0.25) is 0 Å². The van der Waals surface area contributed by atoms with Gasteiger partial charge in [0.2, 0.25) is 11.8 Å². The zero-order valence-electron chi connectivity index (χ0n) is 42.2. The van der Waals surface area contributed by atoms with Crippen LogP contribution < -0.4 is 20.1 Å². The van der Waals surface area contributed by atoms with Crippen LogP contribution in [-0.2, 0) is 9.59 Å². The number of nitrogens with zero attached hydrogens (tertiary/aromatic N) is 4. The van der Waals surface area contributed by atoms with E-state index in [0.29, 0.717) is 11.1 Å². The van der Waals surface area contributed by atoms with E-state index in [1.807, 2.05) is 79.7 Å². The number of halogens is 2. The van der Waals surface area contributed by atoms with Gasteiger partial charge in [0.15, 0.2) is 11.4 Å². The van der Waals surface area contributed by atoms with Crippen LogP contribution in [0.1, 0.15) is 131 Å². The van der Waals surface area contributed by atoms with E-state index in [-0.39, 0.29) is 68.0 Å². The number of aliphatic carboxylic acids is 2. The summed E-state index contributed by atoms with van der Waals surface area (Å²) >= 11 is 0. The van der Waals surface area contributed by atoms with Crippen molar-refractivity contribution in [2.24, 2.45) is 10.8 Å². The number of carbonyl (C=O) groups excluding carboxylic acids is 2. The normalized spacial score (nSPS) is 13.9. The first kappa shape index (κ1) is 58.1. The first-order chi connectivity index (χ1) is 33.6. The van der Waals surface area contributed by atoms with Crippen molar-refractivity contribution in [1.29, 1.82) is 0 Å². The van der Waals surface area contributed by atoms with Gasteiger partial charge in [-0.1, -0.05) is 122 Å². The summed E-state index contributed by atoms with van der Waals surface area (Å²) in [5.74, 6) is -4.49. The third kappa shape index (κ3) is 14.8. The van der Waals surface area contributed by atoms with Gasteiger partial charge in [-0.2, -0.15) is 19.6 Å². The van der Waals surface area contributed by atoms with Gasteiger partial charge in [0.1, 0.15) is 47.4 Å². The number of hydrogen-bond donors (Lipinski definition) is 6. The van der Waals surface area contributed by atoms with Crippen molar-refractivity contribution >= 4 is 23.8 Å². The maximum Gasteiger partial charge on any atom is 0.305 e. The summed E-state index contributed by atoms with van der Waals surface area (Å²) in [7, 11) is 0. The molecule has 392 valence electrons. The first-order valence-electron chi connectivity index (χ1n) is 23.2. The Morgan fingerprint density at radius 3 is 1.18 bits per heavy atom. The molecule has 0 aliphatic heterocycles. The van der Waals surface area contributed by atoms with Crippen LogP contribution in [0.4, 0.5) is 8.78 Å². The average Bonchev–Trinajstić information content (AvgIpc) is 3.92. The predicted octanol–water partition coefficient (Wildman–Crippen LogP) is 9.52. The van der Waals surface area contributed by atoms with Gasteiger partial charge in [-0.3, -0.25) is 19.2 Å². The Kier molecular flexibility index (Phi) is 19.0. The van der Waals surface area contributed by atoms with Crippen molar-refractivity contribution in [1.82, 2.24) is 30.2 Å². The molecule has 4 atom stereocenters. The fraction of sp³-hybridized carbons (Fsp3) is 0.382. The predicted molar refractivity (Wildman–Crippen MR) is 272 cm³/mol. The number of aryl methyl sites for hydroxylation is 2. The number of hydrogen-bond acceptors (Lipinski definition) is 10. The summed E-state index contributed by atoms with van der Waals surface area (Å²) in [5, 5.41) is 54.5. The van der Waals surface area contributed by atoms with Gasteiger partial charge >= 0.3 is 11.9 Å². The van der Waals surface area contributed by atoms with Crippen LogP contribution in [-0.4, -0.2) is 88.2 Å². The van der Waals surface area contributed by atoms with Crippen molar-refractivity contribution in [3.05, 3.63) is 154 Å². The lowest BCUT2D eigenvalue weighted by molar-refractivity contribution is -0.138. The van der Waals surface area contributed by atoms with Gasteiger partial charge in [-0.05, 0) is 85.0 Å². The molecule has 0 fully saturated rings. The molecule has 2 amide bonds. The third-order valence-electron chi connectivity index (χ3n) is 12.7. The fourth-order valence-corrected chi connectivity index (χ4v) is 6.86. The summed E-state index contributed by atoms with van der Waals surface area (Å²) in [6.07, 6.45) is -0.662. The highest BCUT2D eigenvalue weighted by Gasteiger charge is 2.38. The zero-order valence-corrected chi connectivity index (χ0v) is 42.2. The lowest BCUT2D eigenvalue weighted by Crippen LogP contribution is -2.45. The van der Waals surface area contributed by atoms with Crippen LogP contribution in [0.25, 0.3) is 11.4 Å². The van der Waals surface area contributed by atoms with Crippen molar-refractivity contribution < 1.29 is 57.9 Å². The number of rotatable bonds is 18. The highest BCUT2D eigenvalue weighted by atomic mass is 19.1. The standard InChI is InChI=1S/2C27H32FN3O5.CH4/c2*1-17-10-6-7-11-18(17)20(15-24(32)33)29-25(34)21-14-23(36-16-27(5,35)26(2,3)4)31(30-21)22-13-9-8-12-19(22)28;/h2*6-14,20,35H,15-16H2,1-5H3,(H,29,34)(H,32,33);1H4/t20-,27+;20-,27-;/m00./s1. The van der Waals surface area contributed by atoms with E-state index in [9.17, 15) is 48.4 Å². The Labute approximate surface area is 425 Å². The Morgan fingerprint density at radius 1 is 0.562 bits per heavy atom. The molecule has 6 rings (SSSR count). The highest BCUT2D eigenvalue weighted by Crippen LogP contribution is 2.34. The number of amides is 2. The van der Waals surface area contributed by atoms with Crippen LogP contribution >= 0.6 is 0 Å². The van der Waals surface area contributed by atoms with Crippen LogP contribution in [0.3, 0.4) is 0 Å². The number of carboxylic acid groups (broad SMARTS) is 2. The minimum atomic E-state index is -1.24. The number of para-hydroxylation sites is 2. The number of aliphatic hydroxyl groups is 2. The zero-order chi connectivity index (χ0) is 53.3. The summed E-state index contributed by atoms with van der Waals surface area (Å²) in [6.45, 7) is 17.8. The van der Waals surface area contributed by atoms with Gasteiger partial charge in [0.05, 0.1) is 24.9 Å². The second-order valence-corrected chi connectivity index (χ2v) is 20.0. The third-order valence-corrected chi connectivity index (χ3v) is 12.7. The number of benzene rings is 4. The van der Waals surface area contributed by atoms with Crippen molar-refractivity contribution in [3.8, 4) is 23.1 Å². The maximum atomic E-state index is 14.6. The monoisotopic (exact) mass is 1010 g/mol. The molecule has 73 heavy (non-hydrogen) atoms. The molecule has 18 heteroatoms. The molecule has 6 N–H and O–H groups in total. The number of ether oxygens (including phenoxy) is 2. The molecular weight excluding hydrogens is 943 g/mol. The van der Waals surface area contributed by atoms with Gasteiger partial charge in [-0.25, -0.2) is 8.78 Å². The van der Waals surface area contributed by atoms with Crippen LogP contribution in [0, 0.1) is 36.3 Å². The van der Waals surface area contributed by atoms with E-state index < -0.39 is 69.5 Å². The molecule has 0 aliphatic rings. The number of aromatic nitrogens is 4. The van der Waals surface area contributed by atoms with E-state index in [1.165, 1.54) is 48.5 Å². The van der Waals surface area contributed by atoms with Crippen molar-refractivity contribution in [2.75, 3.05) is 13.2 Å². The van der Waals surface area contributed by atoms with E-state index in [0.717, 1.165) is 20.5 Å². The molecular formula is C55H68F2N6O10. The van der Waals surface area contributed by atoms with Crippen molar-refractivity contribution in [2.45, 2.75) is 113 Å². The molecule has 0 spiro atoms. The summed E-state index contributed by atoms with van der Waals surface area (Å²) in [5.41, 5.74) is -0.593. The topological polar surface area (TPSA) is 227 Å². The molecule has 6 aromatic rings. The Hall–Kier alpha value is -7.44. The second-order valence-electron chi connectivity index (χ2n) is 20.0. The van der Waals surface area contributed by atoms with Gasteiger partial charge in [0, 0.05) is 12.1 Å². The Balaban J connectivity index is 0.000000312. The molecule has 0 aliphatic carbocycles. The minimum Gasteiger partial charge on any atom is -0.481 e. The fourth-order valence-electron chi connectivity index (χ4n) is 6.86. The number of nitrogens with one attached hydrogen (secondary N) is 2. The quantitative estimate of drug-likeness (QED) is 0.0473. The molecule has 0 unspecified atom stereocenters. The lowest BCUT2D eigenvalue weighted by atomic mass is 9.78. The molecule has 2 heterocycles. The van der Waals surface area contributed by atoms with E-state index in [1.54, 1.807) is 50.2 Å². The molecule has 0 saturated heterocycles. The average molecular weight is 1010 g/mol. The maximum absolute atomic E-state index is 14.6. The molecule has 0 bridgehead atoms. The smallest absolute Gasteiger partial charge is 0.305 e. The van der Waals surface area contributed by atoms with Gasteiger partial charge < -0.3 is 40.5 Å². The summed E-state index contributed by atoms with van der Waals surface area (Å²) in [4.78, 5) is 49.4. The summed E-state index contributed by atoms with van der Waals surface area (Å²) < 4.78 is 43.2. The lowest BCUT2D eigenvalue weighted by Gasteiger charge is -2.36. The van der Waals surface area contributed by atoms with E-state index in [2.05, 4.69) is 20.8 Å². The molecule has 0 saturated carbocycles. The number of carbonyl (C=O) groups is 4. The molecule has 0 radical (unpaired) electrons. The van der Waals surface area contributed by atoms with Crippen LogP contribution in [0.15, 0.2) is 109 Å². The van der Waals surface area contributed by atoms with Crippen molar-refractivity contribution in [3.63, 3.8) is 0 Å². The SMILES string of the molecule is C.Cc1ccccc1[C@H](CC(=O)O)NC(=O)c1cc(OC[C@@](C)(O)C(C)(C)C)n(-c2ccccc2F)n1.Cc1ccccc1[C@H](CC(=O)O)NC(=O)c1cc(OC[C@](C)(O)C(C)(C)C)n(-c2ccccc2F)n1. The Morgan fingerprint density at radius 2 is 0.877 bits per heavy atom. The van der Waals surface area contributed by atoms with Gasteiger partial charge in [0.25, 0.3) is 11.8 Å². The van der Waals surface area contributed by atoms with E-state index >= 15 is 0 Å². The largest absolute Gasteiger partial charge is 0.481 e. The molecule has 16 nitrogen and oxygen atoms in total. The summed E-state index contributed by atoms with van der Waals surface area (Å²) in [6, 6.07) is 27.2. The second kappa shape index (κ2) is 23.9. The Bertz CT molecular complexity index is 2690. The minimum absolute atomic E-state index is 0. The van der Waals surface area contributed by atoms with E-state index in [4.69, 9.17) is 9.47 Å². The van der Waals surface area contributed by atoms with Gasteiger partial charge in [-0.15, -0.1) is 0 Å². The molecule has 2 aromatic heterocycles. The highest BCUT2D eigenvalue weighted by molar-refractivity contribution is 5.94. The number of carboxylic acids is 2. The molecule has 4 aromatic carbocycles. The van der Waals surface area contributed by atoms with Crippen LogP contribution in [0.5, 0.6) is 11.8 Å². The first-order valence-corrected chi connectivity index (χ1v) is 23.2.